The van der Waals surface area contributed by atoms with Crippen molar-refractivity contribution in [3.8, 4) is 45.1 Å². The zero-order chi connectivity index (χ0) is 39.6. The summed E-state index contributed by atoms with van der Waals surface area (Å²) in [6, 6.07) is 61.9. The van der Waals surface area contributed by atoms with Crippen LogP contribution in [0.5, 0.6) is 0 Å². The summed E-state index contributed by atoms with van der Waals surface area (Å²) in [4.78, 5) is 10.7. The topological polar surface area (TPSA) is 35.6 Å². The van der Waals surface area contributed by atoms with Gasteiger partial charge in [0.05, 0.1) is 33.3 Å². The van der Waals surface area contributed by atoms with Crippen molar-refractivity contribution in [1.82, 2.24) is 19.1 Å². The van der Waals surface area contributed by atoms with Gasteiger partial charge in [-0.05, 0) is 113 Å². The van der Waals surface area contributed by atoms with Gasteiger partial charge in [-0.15, -0.1) is 0 Å². The van der Waals surface area contributed by atoms with Gasteiger partial charge in [0.1, 0.15) is 0 Å². The van der Waals surface area contributed by atoms with E-state index in [-0.39, 0.29) is 5.41 Å². The second kappa shape index (κ2) is 12.3. The van der Waals surface area contributed by atoms with Crippen LogP contribution >= 0.6 is 0 Å². The minimum Gasteiger partial charge on any atom is -0.309 e. The Morgan fingerprint density at radius 1 is 0.424 bits per heavy atom. The van der Waals surface area contributed by atoms with E-state index in [1.165, 1.54) is 88.3 Å². The third kappa shape index (κ3) is 4.84. The van der Waals surface area contributed by atoms with Crippen molar-refractivity contribution in [3.63, 3.8) is 0 Å². The minimum absolute atomic E-state index is 0.149. The minimum atomic E-state index is -0.149. The van der Waals surface area contributed by atoms with E-state index in [1.54, 1.807) is 0 Å². The van der Waals surface area contributed by atoms with E-state index in [1.807, 2.05) is 0 Å². The second-order valence-corrected chi connectivity index (χ2v) is 16.7. The van der Waals surface area contributed by atoms with Crippen LogP contribution in [-0.2, 0) is 5.41 Å². The lowest BCUT2D eigenvalue weighted by molar-refractivity contribution is 0.643. The SMILES string of the molecule is Cc1cc(-c2ccc3c(c2)c2ccccc2n3-c2nc3c4c(cccc4n2)C(C)(C)c2ccccc2-3)c(C)cc1-c1ccc2c(c1)c1ccccc1n2-c1ccccc1. The molecule has 280 valence electrons. The van der Waals surface area contributed by atoms with Crippen molar-refractivity contribution in [2.24, 2.45) is 0 Å². The Kier molecular flexibility index (Phi) is 7.08. The largest absolute Gasteiger partial charge is 0.309 e. The molecule has 0 unspecified atom stereocenters. The lowest BCUT2D eigenvalue weighted by Gasteiger charge is -2.34. The summed E-state index contributed by atoms with van der Waals surface area (Å²) in [5, 5.41) is 6.05. The Morgan fingerprint density at radius 3 is 1.64 bits per heavy atom. The van der Waals surface area contributed by atoms with Gasteiger partial charge in [0.2, 0.25) is 5.95 Å². The van der Waals surface area contributed by atoms with Crippen molar-refractivity contribution < 1.29 is 0 Å². The molecule has 12 rings (SSSR count). The molecule has 11 aromatic rings. The first-order valence-corrected chi connectivity index (χ1v) is 20.5. The van der Waals surface area contributed by atoms with E-state index in [4.69, 9.17) is 9.97 Å². The van der Waals surface area contributed by atoms with Crippen LogP contribution in [0.3, 0.4) is 0 Å². The molecule has 3 heterocycles. The van der Waals surface area contributed by atoms with Crippen LogP contribution in [0.4, 0.5) is 0 Å². The Balaban J connectivity index is 0.991. The predicted octanol–water partition coefficient (Wildman–Crippen LogP) is 14.1. The normalized spacial score (nSPS) is 13.2. The first kappa shape index (κ1) is 33.8. The van der Waals surface area contributed by atoms with Crippen LogP contribution < -0.4 is 0 Å². The third-order valence-corrected chi connectivity index (χ3v) is 13.0. The molecule has 0 N–H and O–H groups in total. The smallest absolute Gasteiger partial charge is 0.235 e. The average Bonchev–Trinajstić information content (AvgIpc) is 3.78. The summed E-state index contributed by atoms with van der Waals surface area (Å²) in [7, 11) is 0. The number of nitrogens with zero attached hydrogens (tertiary/aromatic N) is 4. The van der Waals surface area contributed by atoms with E-state index >= 15 is 0 Å². The molecule has 0 radical (unpaired) electrons. The van der Waals surface area contributed by atoms with E-state index < -0.39 is 0 Å². The highest BCUT2D eigenvalue weighted by Gasteiger charge is 2.35. The van der Waals surface area contributed by atoms with E-state index in [0.717, 1.165) is 27.6 Å². The molecule has 1 aliphatic rings. The fraction of sp³-hybridized carbons (Fsp3) is 0.0909. The summed E-state index contributed by atoms with van der Waals surface area (Å²) in [6.45, 7) is 9.11. The third-order valence-electron chi connectivity index (χ3n) is 13.0. The molecule has 0 bridgehead atoms. The van der Waals surface area contributed by atoms with Crippen molar-refractivity contribution in [2.75, 3.05) is 0 Å². The predicted molar refractivity (Wildman–Crippen MR) is 246 cm³/mol. The van der Waals surface area contributed by atoms with Crippen LogP contribution in [0, 0.1) is 13.8 Å². The van der Waals surface area contributed by atoms with Gasteiger partial charge in [0.15, 0.2) is 0 Å². The molecule has 4 nitrogen and oxygen atoms in total. The quantitative estimate of drug-likeness (QED) is 0.179. The molecule has 1 aliphatic carbocycles. The van der Waals surface area contributed by atoms with Crippen molar-refractivity contribution >= 4 is 54.5 Å². The van der Waals surface area contributed by atoms with Gasteiger partial charge in [-0.2, -0.15) is 0 Å². The molecule has 0 saturated carbocycles. The molecule has 0 saturated heterocycles. The zero-order valence-electron chi connectivity index (χ0n) is 33.5. The number of aryl methyl sites for hydroxylation is 2. The summed E-state index contributed by atoms with van der Waals surface area (Å²) in [6.07, 6.45) is 0. The van der Waals surface area contributed by atoms with Crippen LogP contribution in [0.1, 0.15) is 36.1 Å². The first-order chi connectivity index (χ1) is 28.8. The summed E-state index contributed by atoms with van der Waals surface area (Å²) >= 11 is 0. The maximum Gasteiger partial charge on any atom is 0.235 e. The van der Waals surface area contributed by atoms with Crippen LogP contribution in [0.25, 0.3) is 99.7 Å². The number of rotatable bonds is 4. The number of hydrogen-bond donors (Lipinski definition) is 0. The lowest BCUT2D eigenvalue weighted by Crippen LogP contribution is -2.24. The maximum absolute atomic E-state index is 5.43. The fourth-order valence-corrected chi connectivity index (χ4v) is 10.2. The Bertz CT molecular complexity index is 3550. The van der Waals surface area contributed by atoms with E-state index in [2.05, 4.69) is 207 Å². The molecular weight excluding hydrogens is 717 g/mol. The summed E-state index contributed by atoms with van der Waals surface area (Å²) < 4.78 is 4.63. The molecular formula is C55H40N4. The van der Waals surface area contributed by atoms with Crippen molar-refractivity contribution in [3.05, 3.63) is 192 Å². The second-order valence-electron chi connectivity index (χ2n) is 16.7. The Morgan fingerprint density at radius 2 is 0.966 bits per heavy atom. The van der Waals surface area contributed by atoms with Gasteiger partial charge < -0.3 is 4.57 Å². The summed E-state index contributed by atoms with van der Waals surface area (Å²) in [5.74, 6) is 0.693. The highest BCUT2D eigenvalue weighted by Crippen LogP contribution is 2.48. The molecule has 0 aliphatic heterocycles. The van der Waals surface area contributed by atoms with Crippen molar-refractivity contribution in [2.45, 2.75) is 33.1 Å². The number of aromatic nitrogens is 4. The Hall–Kier alpha value is -7.30. The Labute approximate surface area is 342 Å². The van der Waals surface area contributed by atoms with Crippen molar-refractivity contribution in [1.29, 1.82) is 0 Å². The number of fused-ring (bicyclic) bond motifs is 8. The summed E-state index contributed by atoms with van der Waals surface area (Å²) in [5.41, 5.74) is 18.8. The van der Waals surface area contributed by atoms with E-state index in [9.17, 15) is 0 Å². The number of hydrogen-bond acceptors (Lipinski definition) is 2. The highest BCUT2D eigenvalue weighted by molar-refractivity contribution is 6.12. The molecule has 0 fully saturated rings. The van der Waals surface area contributed by atoms with Gasteiger partial charge in [-0.3, -0.25) is 4.57 Å². The maximum atomic E-state index is 5.43. The molecule has 59 heavy (non-hydrogen) atoms. The molecule has 8 aromatic carbocycles. The fourth-order valence-electron chi connectivity index (χ4n) is 10.2. The number of para-hydroxylation sites is 3. The van der Waals surface area contributed by atoms with Crippen LogP contribution in [0.15, 0.2) is 170 Å². The molecule has 4 heteroatoms. The first-order valence-electron chi connectivity index (χ1n) is 20.5. The van der Waals surface area contributed by atoms with Gasteiger partial charge in [0, 0.05) is 43.6 Å². The average molecular weight is 757 g/mol. The van der Waals surface area contributed by atoms with E-state index in [0.29, 0.717) is 5.95 Å². The standard InChI is InChI=1S/C55H40N4/c1-33-30-42(34(2)29-41(33)35-25-27-50-43(31-35)38-17-9-12-23-48(38)58(50)37-15-6-5-7-16-37)36-26-28-51-44(32-36)39-18-10-13-24-49(39)59(51)54-56-47-22-14-21-46-52(47)53(57-54)40-19-8-11-20-45(40)55(46,3)4/h5-32H,1-4H3. The molecule has 0 amide bonds. The number of benzene rings is 8. The van der Waals surface area contributed by atoms with Gasteiger partial charge in [-0.25, -0.2) is 9.97 Å². The lowest BCUT2D eigenvalue weighted by atomic mass is 9.70. The zero-order valence-corrected chi connectivity index (χ0v) is 33.5. The van der Waals surface area contributed by atoms with Crippen LogP contribution in [-0.4, -0.2) is 19.1 Å². The van der Waals surface area contributed by atoms with Crippen LogP contribution in [0.2, 0.25) is 0 Å². The molecule has 0 spiro atoms. The molecule has 0 atom stereocenters. The van der Waals surface area contributed by atoms with Gasteiger partial charge >= 0.3 is 0 Å². The molecule has 3 aromatic heterocycles. The van der Waals surface area contributed by atoms with Gasteiger partial charge in [-0.1, -0.05) is 129 Å². The highest BCUT2D eigenvalue weighted by atomic mass is 15.2. The monoisotopic (exact) mass is 756 g/mol. The van der Waals surface area contributed by atoms with Gasteiger partial charge in [0.25, 0.3) is 0 Å².